The van der Waals surface area contributed by atoms with Crippen molar-refractivity contribution >= 4 is 41.5 Å². The van der Waals surface area contributed by atoms with Crippen LogP contribution in [-0.4, -0.2) is 38.1 Å². The number of carbonyl (C=O) groups excluding carboxylic acids is 2. The average Bonchev–Trinajstić information content (AvgIpc) is 2.92. The Bertz CT molecular complexity index is 599. The standard InChI is InChI=1S/C17H24ClN3O3.ClH/c1-24-8-7-20-17(23)13-6-5-12(10-14(13)18)21-16(22)9-11-3-2-4-15(11)19;/h5-6,10-11,15H,2-4,7-9,19H2,1H3,(H,20,23)(H,21,22);1H/t11-,15+;/m0./s1. The predicted molar refractivity (Wildman–Crippen MR) is 101 cm³/mol. The molecule has 6 nitrogen and oxygen atoms in total. The summed E-state index contributed by atoms with van der Waals surface area (Å²) >= 11 is 6.15. The first kappa shape index (κ1) is 21.7. The Hall–Kier alpha value is -1.34. The van der Waals surface area contributed by atoms with Gasteiger partial charge < -0.3 is 21.1 Å². The van der Waals surface area contributed by atoms with Crippen molar-refractivity contribution in [1.82, 2.24) is 5.32 Å². The Morgan fingerprint density at radius 1 is 1.36 bits per heavy atom. The number of hydrogen-bond donors (Lipinski definition) is 3. The molecule has 1 fully saturated rings. The van der Waals surface area contributed by atoms with Gasteiger partial charge in [-0.2, -0.15) is 0 Å². The molecular weight excluding hydrogens is 365 g/mol. The van der Waals surface area contributed by atoms with Gasteiger partial charge in [0.25, 0.3) is 5.91 Å². The molecule has 0 heterocycles. The molecule has 4 N–H and O–H groups in total. The van der Waals surface area contributed by atoms with Crippen LogP contribution in [0.25, 0.3) is 0 Å². The van der Waals surface area contributed by atoms with Crippen molar-refractivity contribution in [2.45, 2.75) is 31.7 Å². The number of nitrogens with two attached hydrogens (primary N) is 1. The topological polar surface area (TPSA) is 93.5 Å². The van der Waals surface area contributed by atoms with Crippen molar-refractivity contribution in [1.29, 1.82) is 0 Å². The van der Waals surface area contributed by atoms with Gasteiger partial charge in [-0.3, -0.25) is 9.59 Å². The van der Waals surface area contributed by atoms with Crippen LogP contribution in [0, 0.1) is 5.92 Å². The molecule has 1 aromatic rings. The minimum Gasteiger partial charge on any atom is -0.383 e. The number of nitrogens with one attached hydrogen (secondary N) is 2. The quantitative estimate of drug-likeness (QED) is 0.624. The van der Waals surface area contributed by atoms with Gasteiger partial charge in [0.05, 0.1) is 17.2 Å². The number of benzene rings is 1. The number of anilines is 1. The van der Waals surface area contributed by atoms with E-state index in [1.807, 2.05) is 0 Å². The van der Waals surface area contributed by atoms with Crippen LogP contribution in [0.1, 0.15) is 36.0 Å². The lowest BCUT2D eigenvalue weighted by atomic mass is 10.00. The van der Waals surface area contributed by atoms with Crippen molar-refractivity contribution in [3.05, 3.63) is 28.8 Å². The second-order valence-electron chi connectivity index (χ2n) is 6.05. The fraction of sp³-hybridized carbons (Fsp3) is 0.529. The van der Waals surface area contributed by atoms with Gasteiger partial charge >= 0.3 is 0 Å². The summed E-state index contributed by atoms with van der Waals surface area (Å²) in [5, 5.41) is 5.81. The number of carbonyl (C=O) groups is 2. The highest BCUT2D eigenvalue weighted by molar-refractivity contribution is 6.34. The van der Waals surface area contributed by atoms with E-state index in [9.17, 15) is 9.59 Å². The van der Waals surface area contributed by atoms with Gasteiger partial charge in [0.2, 0.25) is 5.91 Å². The van der Waals surface area contributed by atoms with Crippen LogP contribution in [0.5, 0.6) is 0 Å². The number of amides is 2. The molecule has 8 heteroatoms. The number of methoxy groups -OCH3 is 1. The molecule has 0 radical (unpaired) electrons. The molecule has 2 atom stereocenters. The lowest BCUT2D eigenvalue weighted by Crippen LogP contribution is -2.28. The van der Waals surface area contributed by atoms with Crippen molar-refractivity contribution in [3.8, 4) is 0 Å². The number of rotatable bonds is 7. The van der Waals surface area contributed by atoms with E-state index in [1.165, 1.54) is 0 Å². The molecule has 2 rings (SSSR count). The summed E-state index contributed by atoms with van der Waals surface area (Å²) in [6.45, 7) is 0.840. The van der Waals surface area contributed by atoms with E-state index in [1.54, 1.807) is 25.3 Å². The molecule has 0 aromatic heterocycles. The fourth-order valence-electron chi connectivity index (χ4n) is 2.91. The molecule has 25 heavy (non-hydrogen) atoms. The Morgan fingerprint density at radius 2 is 2.12 bits per heavy atom. The molecule has 1 aromatic carbocycles. The third-order valence-electron chi connectivity index (χ3n) is 4.25. The van der Waals surface area contributed by atoms with Crippen LogP contribution in [0.15, 0.2) is 18.2 Å². The van der Waals surface area contributed by atoms with E-state index in [-0.39, 0.29) is 36.2 Å². The molecule has 0 spiro atoms. The summed E-state index contributed by atoms with van der Waals surface area (Å²) in [7, 11) is 1.56. The first-order valence-electron chi connectivity index (χ1n) is 8.13. The molecule has 140 valence electrons. The maximum atomic E-state index is 12.1. The fourth-order valence-corrected chi connectivity index (χ4v) is 3.17. The summed E-state index contributed by atoms with van der Waals surface area (Å²) in [6.07, 6.45) is 3.47. The number of halogens is 2. The lowest BCUT2D eigenvalue weighted by molar-refractivity contribution is -0.117. The van der Waals surface area contributed by atoms with E-state index >= 15 is 0 Å². The van der Waals surface area contributed by atoms with Crippen molar-refractivity contribution in [2.24, 2.45) is 11.7 Å². The van der Waals surface area contributed by atoms with Crippen LogP contribution in [0.2, 0.25) is 5.02 Å². The predicted octanol–water partition coefficient (Wildman–Crippen LogP) is 2.59. The van der Waals surface area contributed by atoms with Crippen molar-refractivity contribution < 1.29 is 14.3 Å². The molecule has 2 amide bonds. The number of hydrogen-bond acceptors (Lipinski definition) is 4. The Labute approximate surface area is 159 Å². The zero-order valence-electron chi connectivity index (χ0n) is 14.2. The van der Waals surface area contributed by atoms with Gasteiger partial charge in [0.1, 0.15) is 0 Å². The first-order chi connectivity index (χ1) is 11.5. The van der Waals surface area contributed by atoms with E-state index in [0.29, 0.717) is 35.8 Å². The Balaban J connectivity index is 0.00000312. The molecule has 0 bridgehead atoms. The van der Waals surface area contributed by atoms with Gasteiger partial charge in [-0.25, -0.2) is 0 Å². The molecule has 0 saturated heterocycles. The molecular formula is C17H25Cl2N3O3. The highest BCUT2D eigenvalue weighted by atomic mass is 35.5. The molecule has 0 unspecified atom stereocenters. The third-order valence-corrected chi connectivity index (χ3v) is 4.57. The summed E-state index contributed by atoms with van der Waals surface area (Å²) in [4.78, 5) is 24.1. The SMILES string of the molecule is COCCNC(=O)c1ccc(NC(=O)C[C@@H]2CCC[C@H]2N)cc1Cl.Cl. The summed E-state index contributed by atoms with van der Waals surface area (Å²) in [5.41, 5.74) is 6.93. The second kappa shape index (κ2) is 10.6. The van der Waals surface area contributed by atoms with Crippen LogP contribution in [0.3, 0.4) is 0 Å². The molecule has 1 aliphatic rings. The zero-order chi connectivity index (χ0) is 17.5. The van der Waals surface area contributed by atoms with Crippen molar-refractivity contribution in [3.63, 3.8) is 0 Å². The lowest BCUT2D eigenvalue weighted by Gasteiger charge is -2.15. The van der Waals surface area contributed by atoms with Gasteiger partial charge in [-0.1, -0.05) is 18.0 Å². The van der Waals surface area contributed by atoms with Crippen LogP contribution >= 0.6 is 24.0 Å². The van der Waals surface area contributed by atoms with E-state index in [0.717, 1.165) is 19.3 Å². The number of ether oxygens (including phenoxy) is 1. The highest BCUT2D eigenvalue weighted by Crippen LogP contribution is 2.27. The third kappa shape index (κ3) is 6.47. The van der Waals surface area contributed by atoms with Gasteiger partial charge in [-0.15, -0.1) is 12.4 Å². The smallest absolute Gasteiger partial charge is 0.252 e. The summed E-state index contributed by atoms with van der Waals surface area (Å²) in [5.74, 6) is -0.108. The minimum atomic E-state index is -0.271. The maximum Gasteiger partial charge on any atom is 0.252 e. The van der Waals surface area contributed by atoms with Crippen LogP contribution in [-0.2, 0) is 9.53 Å². The highest BCUT2D eigenvalue weighted by Gasteiger charge is 2.26. The average molecular weight is 390 g/mol. The van der Waals surface area contributed by atoms with Gasteiger partial charge in [0, 0.05) is 31.8 Å². The minimum absolute atomic E-state index is 0. The monoisotopic (exact) mass is 389 g/mol. The summed E-state index contributed by atoms with van der Waals surface area (Å²) < 4.78 is 4.88. The Kier molecular flexibility index (Phi) is 9.21. The van der Waals surface area contributed by atoms with E-state index in [4.69, 9.17) is 22.1 Å². The second-order valence-corrected chi connectivity index (χ2v) is 6.46. The summed E-state index contributed by atoms with van der Waals surface area (Å²) in [6, 6.07) is 4.96. The van der Waals surface area contributed by atoms with Gasteiger partial charge in [-0.05, 0) is 37.0 Å². The van der Waals surface area contributed by atoms with Crippen LogP contribution in [0.4, 0.5) is 5.69 Å². The molecule has 0 aliphatic heterocycles. The molecule has 1 aliphatic carbocycles. The zero-order valence-corrected chi connectivity index (χ0v) is 15.8. The molecule has 1 saturated carbocycles. The van der Waals surface area contributed by atoms with Crippen LogP contribution < -0.4 is 16.4 Å². The van der Waals surface area contributed by atoms with Gasteiger partial charge in [0.15, 0.2) is 0 Å². The first-order valence-corrected chi connectivity index (χ1v) is 8.51. The maximum absolute atomic E-state index is 12.1. The van der Waals surface area contributed by atoms with E-state index in [2.05, 4.69) is 10.6 Å². The normalized spacial score (nSPS) is 19.2. The largest absolute Gasteiger partial charge is 0.383 e. The van der Waals surface area contributed by atoms with E-state index < -0.39 is 0 Å². The Morgan fingerprint density at radius 3 is 2.72 bits per heavy atom. The van der Waals surface area contributed by atoms with Crippen molar-refractivity contribution in [2.75, 3.05) is 25.6 Å².